The summed E-state index contributed by atoms with van der Waals surface area (Å²) < 4.78 is 0. The molecule has 1 aromatic rings. The summed E-state index contributed by atoms with van der Waals surface area (Å²) >= 11 is 1.52. The topological polar surface area (TPSA) is 54.9 Å². The van der Waals surface area contributed by atoms with Crippen molar-refractivity contribution in [3.63, 3.8) is 0 Å². The maximum absolute atomic E-state index is 12.5. The minimum atomic E-state index is -0.134. The highest BCUT2D eigenvalue weighted by molar-refractivity contribution is 8.00. The molecule has 0 aliphatic heterocycles. The number of carbonyl (C=O) groups excluding carboxylic acids is 1. The second-order valence-electron chi connectivity index (χ2n) is 7.29. The van der Waals surface area contributed by atoms with Crippen molar-refractivity contribution >= 4 is 17.7 Å². The van der Waals surface area contributed by atoms with Crippen LogP contribution in [-0.4, -0.2) is 27.2 Å². The van der Waals surface area contributed by atoms with E-state index in [0.717, 1.165) is 28.4 Å². The zero-order valence-corrected chi connectivity index (χ0v) is 15.3. The molecule has 1 aromatic heterocycles. The third-order valence-corrected chi connectivity index (χ3v) is 6.43. The first-order valence-corrected chi connectivity index (χ1v) is 9.59. The van der Waals surface area contributed by atoms with E-state index in [2.05, 4.69) is 22.2 Å². The number of aryl methyl sites for hydroxylation is 2. The van der Waals surface area contributed by atoms with E-state index in [1.54, 1.807) is 0 Å². The number of hydrogen-bond donors (Lipinski definition) is 1. The van der Waals surface area contributed by atoms with Crippen molar-refractivity contribution in [2.75, 3.05) is 0 Å². The van der Waals surface area contributed by atoms with Crippen LogP contribution in [-0.2, 0) is 4.79 Å². The molecule has 2 saturated carbocycles. The zero-order valence-electron chi connectivity index (χ0n) is 14.5. The van der Waals surface area contributed by atoms with Gasteiger partial charge in [-0.3, -0.25) is 4.79 Å². The zero-order chi connectivity index (χ0) is 16.6. The first-order chi connectivity index (χ1) is 10.9. The summed E-state index contributed by atoms with van der Waals surface area (Å²) in [7, 11) is 0. The average Bonchev–Trinajstić information content (AvgIpc) is 3.08. The van der Waals surface area contributed by atoms with E-state index in [4.69, 9.17) is 0 Å². The van der Waals surface area contributed by atoms with Gasteiger partial charge in [0.05, 0.1) is 5.25 Å². The summed E-state index contributed by atoms with van der Waals surface area (Å²) in [6.45, 7) is 7.99. The second-order valence-corrected chi connectivity index (χ2v) is 8.65. The highest BCUT2D eigenvalue weighted by atomic mass is 32.2. The van der Waals surface area contributed by atoms with Crippen LogP contribution in [0, 0.1) is 31.6 Å². The lowest BCUT2D eigenvalue weighted by atomic mass is 9.84. The van der Waals surface area contributed by atoms with Gasteiger partial charge in [-0.05, 0) is 70.8 Å². The minimum absolute atomic E-state index is 0.124. The average molecular weight is 334 g/mol. The second kappa shape index (κ2) is 6.80. The number of fused-ring (bicyclic) bond motifs is 2. The van der Waals surface area contributed by atoms with Crippen LogP contribution in [0.5, 0.6) is 0 Å². The molecular weight excluding hydrogens is 306 g/mol. The molecule has 5 heteroatoms. The van der Waals surface area contributed by atoms with E-state index in [-0.39, 0.29) is 17.2 Å². The quantitative estimate of drug-likeness (QED) is 0.662. The fourth-order valence-corrected chi connectivity index (χ4v) is 5.29. The SMILES string of the molecule is Cc1cc(SC(C)C(=O)NC(C)C2CC3CCC2C3)nc(C)n1. The third-order valence-electron chi connectivity index (χ3n) is 5.41. The molecule has 5 unspecified atom stereocenters. The molecule has 126 valence electrons. The molecular formula is C18H27N3OS. The summed E-state index contributed by atoms with van der Waals surface area (Å²) in [6.07, 6.45) is 5.45. The van der Waals surface area contributed by atoms with Crippen LogP contribution in [0.25, 0.3) is 0 Å². The molecule has 1 amide bonds. The molecule has 2 aliphatic rings. The molecule has 2 fully saturated rings. The molecule has 0 radical (unpaired) electrons. The van der Waals surface area contributed by atoms with E-state index in [0.29, 0.717) is 5.92 Å². The molecule has 1 N–H and O–H groups in total. The van der Waals surface area contributed by atoms with Crippen LogP contribution in [0.1, 0.15) is 51.0 Å². The fourth-order valence-electron chi connectivity index (χ4n) is 4.33. The van der Waals surface area contributed by atoms with E-state index >= 15 is 0 Å². The predicted molar refractivity (Wildman–Crippen MR) is 93.4 cm³/mol. The van der Waals surface area contributed by atoms with Gasteiger partial charge in [0.15, 0.2) is 0 Å². The largest absolute Gasteiger partial charge is 0.352 e. The van der Waals surface area contributed by atoms with Gasteiger partial charge in [0.1, 0.15) is 10.9 Å². The Morgan fingerprint density at radius 1 is 1.26 bits per heavy atom. The molecule has 1 heterocycles. The number of nitrogens with one attached hydrogen (secondary N) is 1. The Kier molecular flexibility index (Phi) is 4.95. The molecule has 5 atom stereocenters. The third kappa shape index (κ3) is 3.87. The van der Waals surface area contributed by atoms with Crippen molar-refractivity contribution in [1.82, 2.24) is 15.3 Å². The van der Waals surface area contributed by atoms with Gasteiger partial charge < -0.3 is 5.32 Å². The normalized spacial score (nSPS) is 28.6. The monoisotopic (exact) mass is 333 g/mol. The number of rotatable bonds is 5. The highest BCUT2D eigenvalue weighted by Gasteiger charge is 2.42. The van der Waals surface area contributed by atoms with Crippen LogP contribution in [0.4, 0.5) is 0 Å². The minimum Gasteiger partial charge on any atom is -0.352 e. The van der Waals surface area contributed by atoms with Crippen molar-refractivity contribution < 1.29 is 4.79 Å². The fraction of sp³-hybridized carbons (Fsp3) is 0.722. The van der Waals surface area contributed by atoms with Gasteiger partial charge in [-0.1, -0.05) is 18.2 Å². The molecule has 3 rings (SSSR count). The first-order valence-electron chi connectivity index (χ1n) is 8.71. The van der Waals surface area contributed by atoms with E-state index in [1.807, 2.05) is 26.8 Å². The molecule has 2 aliphatic carbocycles. The summed E-state index contributed by atoms with van der Waals surface area (Å²) in [4.78, 5) is 21.2. The Bertz CT molecular complexity index is 571. The van der Waals surface area contributed by atoms with Gasteiger partial charge in [0.2, 0.25) is 5.91 Å². The Morgan fingerprint density at radius 2 is 2.04 bits per heavy atom. The van der Waals surface area contributed by atoms with Gasteiger partial charge in [-0.2, -0.15) is 0 Å². The molecule has 23 heavy (non-hydrogen) atoms. The molecule has 0 aromatic carbocycles. The molecule has 0 spiro atoms. The van der Waals surface area contributed by atoms with Gasteiger partial charge in [-0.15, -0.1) is 0 Å². The Labute approximate surface area is 143 Å². The van der Waals surface area contributed by atoms with Crippen molar-refractivity contribution in [3.8, 4) is 0 Å². The highest BCUT2D eigenvalue weighted by Crippen LogP contribution is 2.49. The van der Waals surface area contributed by atoms with Crippen molar-refractivity contribution in [3.05, 3.63) is 17.6 Å². The van der Waals surface area contributed by atoms with Crippen LogP contribution in [0.3, 0.4) is 0 Å². The van der Waals surface area contributed by atoms with Crippen LogP contribution in [0.2, 0.25) is 0 Å². The smallest absolute Gasteiger partial charge is 0.233 e. The van der Waals surface area contributed by atoms with Crippen LogP contribution < -0.4 is 5.32 Å². The lowest BCUT2D eigenvalue weighted by Crippen LogP contribution is -2.43. The van der Waals surface area contributed by atoms with Gasteiger partial charge in [0, 0.05) is 11.7 Å². The maximum Gasteiger partial charge on any atom is 0.233 e. The van der Waals surface area contributed by atoms with Crippen molar-refractivity contribution in [1.29, 1.82) is 0 Å². The summed E-state index contributed by atoms with van der Waals surface area (Å²) in [6, 6.07) is 2.23. The Morgan fingerprint density at radius 3 is 2.65 bits per heavy atom. The van der Waals surface area contributed by atoms with Crippen molar-refractivity contribution in [2.45, 2.75) is 69.7 Å². The number of thioether (sulfide) groups is 1. The number of amides is 1. The summed E-state index contributed by atoms with van der Waals surface area (Å²) in [5, 5.41) is 4.00. The Balaban J connectivity index is 1.55. The summed E-state index contributed by atoms with van der Waals surface area (Å²) in [5.74, 6) is 3.32. The molecule has 0 saturated heterocycles. The standard InChI is InChI=1S/C18H27N3OS/c1-10-7-17(21-13(4)19-10)23-12(3)18(22)20-11(2)16-9-14-5-6-15(16)8-14/h7,11-12,14-16H,5-6,8-9H2,1-4H3,(H,20,22). The number of aromatic nitrogens is 2. The molecule has 4 nitrogen and oxygen atoms in total. The van der Waals surface area contributed by atoms with E-state index < -0.39 is 0 Å². The molecule has 2 bridgehead atoms. The van der Waals surface area contributed by atoms with Crippen LogP contribution >= 0.6 is 11.8 Å². The maximum atomic E-state index is 12.5. The number of nitrogens with zero attached hydrogens (tertiary/aromatic N) is 2. The van der Waals surface area contributed by atoms with Gasteiger partial charge >= 0.3 is 0 Å². The first kappa shape index (κ1) is 16.7. The van der Waals surface area contributed by atoms with Gasteiger partial charge in [0.25, 0.3) is 0 Å². The van der Waals surface area contributed by atoms with Crippen LogP contribution in [0.15, 0.2) is 11.1 Å². The predicted octanol–water partition coefficient (Wildman–Crippen LogP) is 3.51. The van der Waals surface area contributed by atoms with Crippen molar-refractivity contribution in [2.24, 2.45) is 17.8 Å². The van der Waals surface area contributed by atoms with E-state index in [9.17, 15) is 4.79 Å². The summed E-state index contributed by atoms with van der Waals surface area (Å²) in [5.41, 5.74) is 0.947. The van der Waals surface area contributed by atoms with E-state index in [1.165, 1.54) is 37.4 Å². The Hall–Kier alpha value is -1.10. The lowest BCUT2D eigenvalue weighted by Gasteiger charge is -2.29. The lowest BCUT2D eigenvalue weighted by molar-refractivity contribution is -0.121. The van der Waals surface area contributed by atoms with Gasteiger partial charge in [-0.25, -0.2) is 9.97 Å². The number of carbonyl (C=O) groups is 1. The number of hydrogen-bond acceptors (Lipinski definition) is 4.